The summed E-state index contributed by atoms with van der Waals surface area (Å²) in [6.45, 7) is 6.66. The SMILES string of the molecule is CCOC(=O)C1CCCN(C(=O)C(Cc2ccccc2)NC(=O)C(C)C)C1. The number of piperidine rings is 1. The van der Waals surface area contributed by atoms with Crippen LogP contribution in [0.2, 0.25) is 0 Å². The molecule has 1 aromatic carbocycles. The monoisotopic (exact) mass is 374 g/mol. The number of nitrogens with zero attached hydrogens (tertiary/aromatic N) is 1. The maximum atomic E-state index is 13.1. The second-order valence-electron chi connectivity index (χ2n) is 7.28. The summed E-state index contributed by atoms with van der Waals surface area (Å²) in [6, 6.07) is 9.00. The lowest BCUT2D eigenvalue weighted by Crippen LogP contribution is -2.53. The summed E-state index contributed by atoms with van der Waals surface area (Å²) in [6.07, 6.45) is 1.91. The van der Waals surface area contributed by atoms with Crippen LogP contribution in [-0.2, 0) is 25.5 Å². The average molecular weight is 374 g/mol. The zero-order valence-electron chi connectivity index (χ0n) is 16.4. The van der Waals surface area contributed by atoms with Gasteiger partial charge in [-0.3, -0.25) is 14.4 Å². The van der Waals surface area contributed by atoms with Crippen LogP contribution in [0.3, 0.4) is 0 Å². The fourth-order valence-electron chi connectivity index (χ4n) is 3.24. The number of hydrogen-bond acceptors (Lipinski definition) is 4. The lowest BCUT2D eigenvalue weighted by atomic mass is 9.96. The van der Waals surface area contributed by atoms with Crippen molar-refractivity contribution in [3.05, 3.63) is 35.9 Å². The maximum Gasteiger partial charge on any atom is 0.310 e. The first-order chi connectivity index (χ1) is 12.9. The predicted molar refractivity (Wildman–Crippen MR) is 103 cm³/mol. The van der Waals surface area contributed by atoms with E-state index >= 15 is 0 Å². The molecular formula is C21H30N2O4. The zero-order valence-corrected chi connectivity index (χ0v) is 16.4. The molecule has 1 saturated heterocycles. The lowest BCUT2D eigenvalue weighted by Gasteiger charge is -2.34. The third-order valence-electron chi connectivity index (χ3n) is 4.77. The number of nitrogens with one attached hydrogen (secondary N) is 1. The number of hydrogen-bond donors (Lipinski definition) is 1. The highest BCUT2D eigenvalue weighted by Gasteiger charge is 2.33. The van der Waals surface area contributed by atoms with E-state index in [1.54, 1.807) is 25.7 Å². The van der Waals surface area contributed by atoms with Crippen LogP contribution < -0.4 is 5.32 Å². The minimum Gasteiger partial charge on any atom is -0.466 e. The summed E-state index contributed by atoms with van der Waals surface area (Å²) >= 11 is 0. The van der Waals surface area contributed by atoms with Crippen LogP contribution >= 0.6 is 0 Å². The minimum absolute atomic E-state index is 0.137. The first-order valence-electron chi connectivity index (χ1n) is 9.72. The number of benzene rings is 1. The van der Waals surface area contributed by atoms with Gasteiger partial charge in [0.05, 0.1) is 12.5 Å². The molecule has 0 aliphatic carbocycles. The molecule has 6 nitrogen and oxygen atoms in total. The Labute approximate surface area is 161 Å². The quantitative estimate of drug-likeness (QED) is 0.742. The molecule has 0 spiro atoms. The minimum atomic E-state index is -0.636. The van der Waals surface area contributed by atoms with E-state index in [1.807, 2.05) is 30.3 Å². The molecular weight excluding hydrogens is 344 g/mol. The molecule has 2 rings (SSSR count). The van der Waals surface area contributed by atoms with Gasteiger partial charge in [0.15, 0.2) is 0 Å². The van der Waals surface area contributed by atoms with E-state index < -0.39 is 6.04 Å². The third-order valence-corrected chi connectivity index (χ3v) is 4.77. The van der Waals surface area contributed by atoms with Crippen LogP contribution in [0, 0.1) is 11.8 Å². The smallest absolute Gasteiger partial charge is 0.310 e. The Hall–Kier alpha value is -2.37. The Morgan fingerprint density at radius 1 is 1.22 bits per heavy atom. The fourth-order valence-corrected chi connectivity index (χ4v) is 3.24. The highest BCUT2D eigenvalue weighted by Crippen LogP contribution is 2.19. The first kappa shape index (κ1) is 20.9. The van der Waals surface area contributed by atoms with Gasteiger partial charge in [0, 0.05) is 25.4 Å². The van der Waals surface area contributed by atoms with Crippen molar-refractivity contribution < 1.29 is 19.1 Å². The second kappa shape index (κ2) is 10.1. The first-order valence-corrected chi connectivity index (χ1v) is 9.72. The topological polar surface area (TPSA) is 75.7 Å². The molecule has 0 radical (unpaired) electrons. The van der Waals surface area contributed by atoms with Gasteiger partial charge < -0.3 is 15.0 Å². The van der Waals surface area contributed by atoms with Crippen LogP contribution in [-0.4, -0.2) is 48.4 Å². The Balaban J connectivity index is 2.11. The molecule has 2 amide bonds. The molecule has 0 saturated carbocycles. The number of carbonyl (C=O) groups is 3. The van der Waals surface area contributed by atoms with E-state index in [2.05, 4.69) is 5.32 Å². The third kappa shape index (κ3) is 6.08. The van der Waals surface area contributed by atoms with Crippen molar-refractivity contribution in [2.75, 3.05) is 19.7 Å². The summed E-state index contributed by atoms with van der Waals surface area (Å²) in [7, 11) is 0. The van der Waals surface area contributed by atoms with Crippen molar-refractivity contribution in [3.63, 3.8) is 0 Å². The Bertz CT molecular complexity index is 645. The van der Waals surface area contributed by atoms with E-state index in [0.717, 1.165) is 18.4 Å². The molecule has 1 heterocycles. The van der Waals surface area contributed by atoms with E-state index in [9.17, 15) is 14.4 Å². The largest absolute Gasteiger partial charge is 0.466 e. The Kier molecular flexibility index (Phi) is 7.82. The predicted octanol–water partition coefficient (Wildman–Crippen LogP) is 2.17. The molecule has 148 valence electrons. The van der Waals surface area contributed by atoms with Gasteiger partial charge in [0.1, 0.15) is 6.04 Å². The van der Waals surface area contributed by atoms with Crippen molar-refractivity contribution in [3.8, 4) is 0 Å². The van der Waals surface area contributed by atoms with E-state index in [1.165, 1.54) is 0 Å². The molecule has 2 atom stereocenters. The van der Waals surface area contributed by atoms with E-state index in [4.69, 9.17) is 4.74 Å². The zero-order chi connectivity index (χ0) is 19.8. The van der Waals surface area contributed by atoms with E-state index in [-0.39, 0.29) is 29.6 Å². The number of ether oxygens (including phenoxy) is 1. The Morgan fingerprint density at radius 2 is 1.93 bits per heavy atom. The van der Waals surface area contributed by atoms with Gasteiger partial charge in [-0.25, -0.2) is 0 Å². The van der Waals surface area contributed by atoms with Gasteiger partial charge in [-0.05, 0) is 25.3 Å². The number of rotatable bonds is 7. The Morgan fingerprint density at radius 3 is 2.56 bits per heavy atom. The maximum absolute atomic E-state index is 13.1. The van der Waals surface area contributed by atoms with Gasteiger partial charge >= 0.3 is 5.97 Å². The van der Waals surface area contributed by atoms with Crippen LogP contribution in [0.1, 0.15) is 39.2 Å². The van der Waals surface area contributed by atoms with Crippen LogP contribution in [0.4, 0.5) is 0 Å². The average Bonchev–Trinajstić information content (AvgIpc) is 2.68. The lowest BCUT2D eigenvalue weighted by molar-refractivity contribution is -0.152. The van der Waals surface area contributed by atoms with Crippen molar-refractivity contribution in [2.45, 2.75) is 46.1 Å². The normalized spacial score (nSPS) is 18.1. The molecule has 1 aliphatic rings. The van der Waals surface area contributed by atoms with Crippen molar-refractivity contribution in [2.24, 2.45) is 11.8 Å². The number of likely N-dealkylation sites (tertiary alicyclic amines) is 1. The van der Waals surface area contributed by atoms with Gasteiger partial charge in [0.25, 0.3) is 0 Å². The second-order valence-corrected chi connectivity index (χ2v) is 7.28. The standard InChI is InChI=1S/C21H30N2O4/c1-4-27-21(26)17-11-8-12-23(14-17)20(25)18(22-19(24)15(2)3)13-16-9-6-5-7-10-16/h5-7,9-10,15,17-18H,4,8,11-14H2,1-3H3,(H,22,24). The van der Waals surface area contributed by atoms with Gasteiger partial charge in [-0.1, -0.05) is 44.2 Å². The summed E-state index contributed by atoms with van der Waals surface area (Å²) in [5.41, 5.74) is 0.985. The summed E-state index contributed by atoms with van der Waals surface area (Å²) in [5, 5.41) is 2.88. The van der Waals surface area contributed by atoms with Crippen molar-refractivity contribution >= 4 is 17.8 Å². The molecule has 0 aromatic heterocycles. The molecule has 1 aromatic rings. The van der Waals surface area contributed by atoms with Crippen LogP contribution in [0.5, 0.6) is 0 Å². The fraction of sp³-hybridized carbons (Fsp3) is 0.571. The summed E-state index contributed by atoms with van der Waals surface area (Å²) in [4.78, 5) is 39.1. The van der Waals surface area contributed by atoms with Crippen LogP contribution in [0.25, 0.3) is 0 Å². The molecule has 1 N–H and O–H groups in total. The highest BCUT2D eigenvalue weighted by molar-refractivity contribution is 5.89. The molecule has 27 heavy (non-hydrogen) atoms. The van der Waals surface area contributed by atoms with Gasteiger partial charge in [-0.2, -0.15) is 0 Å². The molecule has 1 fully saturated rings. The van der Waals surface area contributed by atoms with Crippen molar-refractivity contribution in [1.82, 2.24) is 10.2 Å². The number of esters is 1. The van der Waals surface area contributed by atoms with Crippen LogP contribution in [0.15, 0.2) is 30.3 Å². The van der Waals surface area contributed by atoms with Gasteiger partial charge in [-0.15, -0.1) is 0 Å². The van der Waals surface area contributed by atoms with E-state index in [0.29, 0.717) is 26.1 Å². The summed E-state index contributed by atoms with van der Waals surface area (Å²) < 4.78 is 5.11. The molecule has 1 aliphatic heterocycles. The van der Waals surface area contributed by atoms with Gasteiger partial charge in [0.2, 0.25) is 11.8 Å². The number of amides is 2. The molecule has 0 bridgehead atoms. The summed E-state index contributed by atoms with van der Waals surface area (Å²) in [5.74, 6) is -1.03. The molecule has 2 unspecified atom stereocenters. The highest BCUT2D eigenvalue weighted by atomic mass is 16.5. The molecule has 6 heteroatoms. The number of carbonyl (C=O) groups excluding carboxylic acids is 3. The van der Waals surface area contributed by atoms with Crippen molar-refractivity contribution in [1.29, 1.82) is 0 Å².